The highest BCUT2D eigenvalue weighted by Gasteiger charge is 2.27. The topological polar surface area (TPSA) is 128 Å². The molecule has 44 heavy (non-hydrogen) atoms. The number of nitrogens with zero attached hydrogens (tertiary/aromatic N) is 1. The van der Waals surface area contributed by atoms with Gasteiger partial charge in [0.1, 0.15) is 0 Å². The number of carbonyl (C=O) groups is 2. The Bertz CT molecular complexity index is 1460. The molecule has 0 unspecified atom stereocenters. The number of rotatable bonds is 14. The van der Waals surface area contributed by atoms with Crippen molar-refractivity contribution in [1.82, 2.24) is 20.3 Å². The fourth-order valence-electron chi connectivity index (χ4n) is 5.41. The third-order valence-corrected chi connectivity index (χ3v) is 9.91. The second-order valence-electron chi connectivity index (χ2n) is 11.6. The van der Waals surface area contributed by atoms with Crippen LogP contribution in [0.15, 0.2) is 89.8 Å². The molecular formula is C34H44N4O5S. The number of carbonyl (C=O) groups excluding carboxylic acids is 2. The molecule has 0 heterocycles. The summed E-state index contributed by atoms with van der Waals surface area (Å²) in [4.78, 5) is 26.2. The smallest absolute Gasteiger partial charge is 0.251 e. The van der Waals surface area contributed by atoms with Gasteiger partial charge in [-0.2, -0.15) is 4.31 Å². The molecule has 0 saturated heterocycles. The third-order valence-electron chi connectivity index (χ3n) is 8.11. The Hall–Kier alpha value is -3.57. The second-order valence-corrected chi connectivity index (χ2v) is 13.6. The zero-order valence-corrected chi connectivity index (χ0v) is 26.3. The minimum absolute atomic E-state index is 0.00297. The van der Waals surface area contributed by atoms with Gasteiger partial charge in [0.2, 0.25) is 15.9 Å². The zero-order valence-electron chi connectivity index (χ0n) is 25.5. The molecule has 1 aliphatic carbocycles. The fraction of sp³-hybridized carbons (Fsp3) is 0.412. The molecule has 3 atom stereocenters. The van der Waals surface area contributed by atoms with Crippen LogP contribution in [0.25, 0.3) is 0 Å². The van der Waals surface area contributed by atoms with Crippen molar-refractivity contribution in [3.05, 3.63) is 102 Å². The first-order valence-corrected chi connectivity index (χ1v) is 16.7. The van der Waals surface area contributed by atoms with Crippen LogP contribution in [-0.2, 0) is 27.8 Å². The molecule has 3 aromatic rings. The lowest BCUT2D eigenvalue weighted by molar-refractivity contribution is -0.123. The predicted octanol–water partition coefficient (Wildman–Crippen LogP) is 3.64. The third kappa shape index (κ3) is 9.46. The lowest BCUT2D eigenvalue weighted by Gasteiger charge is -2.27. The van der Waals surface area contributed by atoms with Crippen LogP contribution in [-0.4, -0.2) is 67.5 Å². The van der Waals surface area contributed by atoms with Gasteiger partial charge in [-0.15, -0.1) is 0 Å². The van der Waals surface area contributed by atoms with Crippen LogP contribution < -0.4 is 16.0 Å². The van der Waals surface area contributed by atoms with Gasteiger partial charge in [0, 0.05) is 31.7 Å². The van der Waals surface area contributed by atoms with E-state index in [-0.39, 0.29) is 35.5 Å². The molecule has 1 fully saturated rings. The molecular weight excluding hydrogens is 576 g/mol. The molecule has 4 N–H and O–H groups in total. The molecule has 10 heteroatoms. The molecule has 3 aromatic carbocycles. The number of aliphatic hydroxyl groups excluding tert-OH is 1. The van der Waals surface area contributed by atoms with Gasteiger partial charge >= 0.3 is 0 Å². The molecule has 0 spiro atoms. The number of aliphatic hydroxyl groups is 1. The largest absolute Gasteiger partial charge is 0.390 e. The van der Waals surface area contributed by atoms with E-state index in [1.54, 1.807) is 13.0 Å². The van der Waals surface area contributed by atoms with Crippen molar-refractivity contribution in [2.75, 3.05) is 13.6 Å². The molecule has 2 amide bonds. The average molecular weight is 621 g/mol. The average Bonchev–Trinajstić information content (AvgIpc) is 3.04. The molecule has 0 aromatic heterocycles. The maximum Gasteiger partial charge on any atom is 0.251 e. The Morgan fingerprint density at radius 2 is 1.55 bits per heavy atom. The SMILES string of the molecule is C[C@H](NC[C@@H](O)[C@H](Cc1ccccc1)NC(=O)c1cccc(S(=O)(=O)N(C)Cc2ccccc2)c1)C(=O)NC1CCCCC1. The van der Waals surface area contributed by atoms with E-state index >= 15 is 0 Å². The quantitative estimate of drug-likeness (QED) is 0.218. The number of sulfonamides is 1. The Morgan fingerprint density at radius 3 is 2.20 bits per heavy atom. The zero-order chi connectivity index (χ0) is 31.5. The summed E-state index contributed by atoms with van der Waals surface area (Å²) in [6.45, 7) is 2.03. The first-order chi connectivity index (χ1) is 21.1. The molecule has 1 saturated carbocycles. The van der Waals surface area contributed by atoms with Gasteiger partial charge in [0.05, 0.1) is 23.1 Å². The maximum atomic E-state index is 13.4. The normalized spacial score (nSPS) is 16.2. The summed E-state index contributed by atoms with van der Waals surface area (Å²) in [5.74, 6) is -0.612. The van der Waals surface area contributed by atoms with Gasteiger partial charge in [-0.05, 0) is 55.5 Å². The fourth-order valence-corrected chi connectivity index (χ4v) is 6.62. The molecule has 0 bridgehead atoms. The van der Waals surface area contributed by atoms with Crippen LogP contribution in [0.4, 0.5) is 0 Å². The minimum atomic E-state index is -3.87. The Balaban J connectivity index is 1.43. The van der Waals surface area contributed by atoms with Crippen LogP contribution in [0.2, 0.25) is 0 Å². The predicted molar refractivity (Wildman–Crippen MR) is 171 cm³/mol. The minimum Gasteiger partial charge on any atom is -0.390 e. The van der Waals surface area contributed by atoms with E-state index < -0.39 is 34.1 Å². The van der Waals surface area contributed by atoms with E-state index in [0.717, 1.165) is 36.8 Å². The van der Waals surface area contributed by atoms with Crippen LogP contribution in [0.1, 0.15) is 60.5 Å². The van der Waals surface area contributed by atoms with Crippen molar-refractivity contribution in [3.8, 4) is 0 Å². The summed E-state index contributed by atoms with van der Waals surface area (Å²) in [5.41, 5.74) is 1.93. The van der Waals surface area contributed by atoms with E-state index in [1.807, 2.05) is 60.7 Å². The molecule has 236 valence electrons. The van der Waals surface area contributed by atoms with Crippen molar-refractivity contribution in [2.24, 2.45) is 0 Å². The van der Waals surface area contributed by atoms with Gasteiger partial charge in [-0.3, -0.25) is 9.59 Å². The van der Waals surface area contributed by atoms with Gasteiger partial charge in [-0.1, -0.05) is 86.0 Å². The summed E-state index contributed by atoms with van der Waals surface area (Å²) in [6, 6.07) is 23.6. The van der Waals surface area contributed by atoms with Gasteiger partial charge in [0.15, 0.2) is 0 Å². The van der Waals surface area contributed by atoms with Crippen molar-refractivity contribution >= 4 is 21.8 Å². The van der Waals surface area contributed by atoms with E-state index in [1.165, 1.54) is 36.0 Å². The first-order valence-electron chi connectivity index (χ1n) is 15.3. The Kier molecular flexibility index (Phi) is 12.1. The van der Waals surface area contributed by atoms with E-state index in [4.69, 9.17) is 0 Å². The van der Waals surface area contributed by atoms with Crippen molar-refractivity contribution < 1.29 is 23.1 Å². The number of hydrogen-bond acceptors (Lipinski definition) is 6. The van der Waals surface area contributed by atoms with Gasteiger partial charge < -0.3 is 21.1 Å². The van der Waals surface area contributed by atoms with Crippen molar-refractivity contribution in [2.45, 2.75) is 81.1 Å². The highest BCUT2D eigenvalue weighted by atomic mass is 32.2. The standard InChI is InChI=1S/C34H44N4O5S/c1-25(33(40)36-29-18-10-5-11-19-29)35-23-32(39)31(21-26-13-6-3-7-14-26)37-34(41)28-17-12-20-30(22-28)44(42,43)38(2)24-27-15-8-4-9-16-27/h3-4,6-9,12-17,20,22,25,29,31-32,35,39H,5,10-11,18-19,21,23-24H2,1-2H3,(H,36,40)(H,37,41)/t25-,31-,32+/m0/s1. The summed E-state index contributed by atoms with van der Waals surface area (Å²) in [7, 11) is -2.36. The summed E-state index contributed by atoms with van der Waals surface area (Å²) < 4.78 is 27.9. The highest BCUT2D eigenvalue weighted by Crippen LogP contribution is 2.19. The van der Waals surface area contributed by atoms with E-state index in [2.05, 4.69) is 16.0 Å². The van der Waals surface area contributed by atoms with Crippen molar-refractivity contribution in [3.63, 3.8) is 0 Å². The summed E-state index contributed by atoms with van der Waals surface area (Å²) in [5, 5.41) is 20.3. The number of hydrogen-bond donors (Lipinski definition) is 4. The lowest BCUT2D eigenvalue weighted by Crippen LogP contribution is -2.53. The molecule has 0 aliphatic heterocycles. The highest BCUT2D eigenvalue weighted by molar-refractivity contribution is 7.89. The number of amides is 2. The van der Waals surface area contributed by atoms with Gasteiger partial charge in [-0.25, -0.2) is 8.42 Å². The second kappa shape index (κ2) is 15.9. The first kappa shape index (κ1) is 33.3. The monoisotopic (exact) mass is 620 g/mol. The van der Waals surface area contributed by atoms with E-state index in [0.29, 0.717) is 6.42 Å². The Labute approximate surface area is 261 Å². The maximum absolute atomic E-state index is 13.4. The van der Waals surface area contributed by atoms with Crippen molar-refractivity contribution in [1.29, 1.82) is 0 Å². The number of nitrogens with one attached hydrogen (secondary N) is 3. The van der Waals surface area contributed by atoms with Gasteiger partial charge in [0.25, 0.3) is 5.91 Å². The van der Waals surface area contributed by atoms with Crippen LogP contribution in [0.3, 0.4) is 0 Å². The summed E-state index contributed by atoms with van der Waals surface area (Å²) >= 11 is 0. The van der Waals surface area contributed by atoms with Crippen LogP contribution in [0, 0.1) is 0 Å². The Morgan fingerprint density at radius 1 is 0.909 bits per heavy atom. The lowest BCUT2D eigenvalue weighted by atomic mass is 9.95. The van der Waals surface area contributed by atoms with Crippen LogP contribution >= 0.6 is 0 Å². The molecule has 1 aliphatic rings. The summed E-state index contributed by atoms with van der Waals surface area (Å²) in [6.07, 6.45) is 4.73. The molecule has 0 radical (unpaired) electrons. The number of benzene rings is 3. The van der Waals surface area contributed by atoms with E-state index in [9.17, 15) is 23.1 Å². The molecule has 9 nitrogen and oxygen atoms in total. The van der Waals surface area contributed by atoms with Crippen LogP contribution in [0.5, 0.6) is 0 Å². The molecule has 4 rings (SSSR count).